The van der Waals surface area contributed by atoms with Crippen LogP contribution >= 0.6 is 0 Å². The summed E-state index contributed by atoms with van der Waals surface area (Å²) in [5, 5.41) is 0. The molecule has 0 N–H and O–H groups in total. The highest BCUT2D eigenvalue weighted by molar-refractivity contribution is 5.69. The Balaban J connectivity index is 3.23. The molecule has 0 aliphatic carbocycles. The Hall–Kier alpha value is -0.530. The zero-order valence-electron chi connectivity index (χ0n) is 19.2. The van der Waals surface area contributed by atoms with Gasteiger partial charge in [0.05, 0.1) is 7.11 Å². The molecule has 0 bridgehead atoms. The molecule has 162 valence electrons. The number of unbranched alkanes of at least 4 members (excludes halogenated alkanes) is 15. The van der Waals surface area contributed by atoms with Gasteiger partial charge in [0, 0.05) is 6.42 Å². The minimum Gasteiger partial charge on any atom is -0.469 e. The van der Waals surface area contributed by atoms with Gasteiger partial charge in [0.25, 0.3) is 0 Å². The third kappa shape index (κ3) is 18.6. The van der Waals surface area contributed by atoms with Crippen LogP contribution < -0.4 is 0 Å². The van der Waals surface area contributed by atoms with Crippen molar-refractivity contribution in [3.63, 3.8) is 0 Å². The molecule has 0 aliphatic heterocycles. The molecular formula is C25H50O2. The van der Waals surface area contributed by atoms with Gasteiger partial charge in [0.15, 0.2) is 0 Å². The second-order valence-corrected chi connectivity index (χ2v) is 8.83. The van der Waals surface area contributed by atoms with Crippen LogP contribution in [0.5, 0.6) is 0 Å². The topological polar surface area (TPSA) is 26.3 Å². The highest BCUT2D eigenvalue weighted by Gasteiger charge is 2.15. The van der Waals surface area contributed by atoms with Crippen molar-refractivity contribution in [2.75, 3.05) is 7.11 Å². The van der Waals surface area contributed by atoms with Crippen molar-refractivity contribution in [2.24, 2.45) is 11.8 Å². The van der Waals surface area contributed by atoms with Gasteiger partial charge >= 0.3 is 5.97 Å². The number of carbonyl (C=O) groups excluding carboxylic acids is 1. The van der Waals surface area contributed by atoms with Crippen LogP contribution in [0.15, 0.2) is 0 Å². The van der Waals surface area contributed by atoms with Gasteiger partial charge in [-0.1, -0.05) is 130 Å². The number of hydrogen-bond acceptors (Lipinski definition) is 2. The average molecular weight is 383 g/mol. The molecule has 2 heteroatoms. The van der Waals surface area contributed by atoms with Crippen molar-refractivity contribution < 1.29 is 9.53 Å². The highest BCUT2D eigenvalue weighted by Crippen LogP contribution is 2.22. The van der Waals surface area contributed by atoms with Gasteiger partial charge in [-0.05, 0) is 11.8 Å². The molecule has 0 heterocycles. The number of rotatable bonds is 20. The summed E-state index contributed by atoms with van der Waals surface area (Å²) in [6.07, 6.45) is 24.5. The molecule has 0 saturated heterocycles. The summed E-state index contributed by atoms with van der Waals surface area (Å²) in [5.74, 6) is 0.992. The molecule has 0 unspecified atom stereocenters. The predicted molar refractivity (Wildman–Crippen MR) is 119 cm³/mol. The number of esters is 1. The van der Waals surface area contributed by atoms with Crippen molar-refractivity contribution in [3.05, 3.63) is 0 Å². The Morgan fingerprint density at radius 1 is 0.630 bits per heavy atom. The quantitative estimate of drug-likeness (QED) is 0.156. The summed E-state index contributed by atoms with van der Waals surface area (Å²) in [5.41, 5.74) is 0. The number of carbonyl (C=O) groups is 1. The average Bonchev–Trinajstić information content (AvgIpc) is 2.67. The van der Waals surface area contributed by atoms with Crippen molar-refractivity contribution in [3.8, 4) is 0 Å². The van der Waals surface area contributed by atoms with Crippen LogP contribution in [0.25, 0.3) is 0 Å². The van der Waals surface area contributed by atoms with Crippen LogP contribution in [0, 0.1) is 11.8 Å². The summed E-state index contributed by atoms with van der Waals surface area (Å²) in [4.78, 5) is 11.3. The van der Waals surface area contributed by atoms with Gasteiger partial charge in [-0.2, -0.15) is 0 Å². The number of methoxy groups -OCH3 is 1. The van der Waals surface area contributed by atoms with Gasteiger partial charge in [-0.15, -0.1) is 0 Å². The van der Waals surface area contributed by atoms with Crippen LogP contribution in [0.3, 0.4) is 0 Å². The van der Waals surface area contributed by atoms with E-state index in [1.807, 2.05) is 0 Å². The summed E-state index contributed by atoms with van der Waals surface area (Å²) in [6.45, 7) is 6.74. The van der Waals surface area contributed by atoms with E-state index in [2.05, 4.69) is 20.8 Å². The Kier molecular flexibility index (Phi) is 19.8. The van der Waals surface area contributed by atoms with Gasteiger partial charge in [0.1, 0.15) is 0 Å². The largest absolute Gasteiger partial charge is 0.469 e. The van der Waals surface area contributed by atoms with Crippen molar-refractivity contribution in [1.82, 2.24) is 0 Å². The molecule has 0 spiro atoms. The van der Waals surface area contributed by atoms with E-state index < -0.39 is 0 Å². The zero-order chi connectivity index (χ0) is 20.2. The fourth-order valence-electron chi connectivity index (χ4n) is 3.85. The Bertz CT molecular complexity index is 313. The van der Waals surface area contributed by atoms with Crippen molar-refractivity contribution >= 4 is 5.97 Å². The fraction of sp³-hybridized carbons (Fsp3) is 0.960. The maximum atomic E-state index is 11.3. The van der Waals surface area contributed by atoms with E-state index in [1.165, 1.54) is 116 Å². The third-order valence-electron chi connectivity index (χ3n) is 6.20. The van der Waals surface area contributed by atoms with Crippen molar-refractivity contribution in [1.29, 1.82) is 0 Å². The lowest BCUT2D eigenvalue weighted by Gasteiger charge is -2.18. The Morgan fingerprint density at radius 2 is 1.00 bits per heavy atom. The van der Waals surface area contributed by atoms with E-state index in [9.17, 15) is 4.79 Å². The van der Waals surface area contributed by atoms with Crippen molar-refractivity contribution in [2.45, 2.75) is 136 Å². The first kappa shape index (κ1) is 26.5. The van der Waals surface area contributed by atoms with Crippen LogP contribution in [-0.2, 0) is 9.53 Å². The van der Waals surface area contributed by atoms with Crippen LogP contribution in [0.2, 0.25) is 0 Å². The lowest BCUT2D eigenvalue weighted by molar-refractivity contribution is -0.142. The van der Waals surface area contributed by atoms with Gasteiger partial charge in [0.2, 0.25) is 0 Å². The lowest BCUT2D eigenvalue weighted by Crippen LogP contribution is -2.14. The normalized spacial score (nSPS) is 13.5. The molecule has 0 saturated carbocycles. The summed E-state index contributed by atoms with van der Waals surface area (Å²) in [7, 11) is 1.48. The SMILES string of the molecule is CCCCCCCCCCCCCCCCCC[C@@H](C)[C@@H](C)CC(=O)OC. The molecule has 0 fully saturated rings. The minimum absolute atomic E-state index is 0.0682. The molecule has 0 aromatic rings. The molecule has 0 rings (SSSR count). The Morgan fingerprint density at radius 3 is 1.37 bits per heavy atom. The van der Waals surface area contributed by atoms with Gasteiger partial charge in [-0.25, -0.2) is 0 Å². The number of ether oxygens (including phenoxy) is 1. The second kappa shape index (κ2) is 20.2. The van der Waals surface area contributed by atoms with Gasteiger partial charge in [-0.3, -0.25) is 4.79 Å². The van der Waals surface area contributed by atoms with E-state index in [0.29, 0.717) is 18.3 Å². The van der Waals surface area contributed by atoms with Gasteiger partial charge < -0.3 is 4.74 Å². The zero-order valence-corrected chi connectivity index (χ0v) is 19.2. The molecule has 27 heavy (non-hydrogen) atoms. The molecule has 0 radical (unpaired) electrons. The van der Waals surface area contributed by atoms with E-state index in [1.54, 1.807) is 0 Å². The molecule has 0 amide bonds. The predicted octanol–water partition coefficient (Wildman–Crippen LogP) is 8.47. The first-order valence-corrected chi connectivity index (χ1v) is 12.2. The van der Waals surface area contributed by atoms with E-state index in [4.69, 9.17) is 4.74 Å². The monoisotopic (exact) mass is 382 g/mol. The second-order valence-electron chi connectivity index (χ2n) is 8.83. The van der Waals surface area contributed by atoms with E-state index in [0.717, 1.165) is 0 Å². The lowest BCUT2D eigenvalue weighted by atomic mass is 9.88. The maximum absolute atomic E-state index is 11.3. The molecule has 2 atom stereocenters. The maximum Gasteiger partial charge on any atom is 0.305 e. The smallest absolute Gasteiger partial charge is 0.305 e. The standard InChI is InChI=1S/C25H50O2/c1-5-6-7-8-9-10-11-12-13-14-15-16-17-18-19-20-21-23(2)24(3)22-25(26)27-4/h23-24H,5-22H2,1-4H3/t23-,24+/m1/s1. The molecule has 0 aliphatic rings. The van der Waals surface area contributed by atoms with E-state index in [-0.39, 0.29) is 5.97 Å². The molecule has 0 aromatic carbocycles. The summed E-state index contributed by atoms with van der Waals surface area (Å²) < 4.78 is 4.77. The third-order valence-corrected chi connectivity index (χ3v) is 6.20. The minimum atomic E-state index is -0.0682. The van der Waals surface area contributed by atoms with Crippen LogP contribution in [0.1, 0.15) is 136 Å². The van der Waals surface area contributed by atoms with E-state index >= 15 is 0 Å². The first-order valence-electron chi connectivity index (χ1n) is 12.2. The Labute approximate surface area is 171 Å². The summed E-state index contributed by atoms with van der Waals surface area (Å²) in [6, 6.07) is 0. The van der Waals surface area contributed by atoms with Crippen LogP contribution in [-0.4, -0.2) is 13.1 Å². The first-order chi connectivity index (χ1) is 13.1. The van der Waals surface area contributed by atoms with Crippen LogP contribution in [0.4, 0.5) is 0 Å². The molecule has 2 nitrogen and oxygen atoms in total. The number of hydrogen-bond donors (Lipinski definition) is 0. The highest BCUT2D eigenvalue weighted by atomic mass is 16.5. The molecule has 0 aromatic heterocycles. The molecular weight excluding hydrogens is 332 g/mol. The summed E-state index contributed by atoms with van der Waals surface area (Å²) >= 11 is 0. The fourth-order valence-corrected chi connectivity index (χ4v) is 3.85.